The second kappa shape index (κ2) is 12.9. The molecule has 29 heavy (non-hydrogen) atoms. The molecule has 1 aliphatic heterocycles. The molecule has 0 aromatic heterocycles. The van der Waals surface area contributed by atoms with Crippen LogP contribution in [-0.2, 0) is 23.3 Å². The van der Waals surface area contributed by atoms with Gasteiger partial charge in [-0.3, -0.25) is 4.57 Å². The second-order valence-electron chi connectivity index (χ2n) is 8.45. The van der Waals surface area contributed by atoms with E-state index in [0.29, 0.717) is 52.6 Å². The molecule has 9 nitrogen and oxygen atoms in total. The molecule has 1 unspecified atom stereocenters. The summed E-state index contributed by atoms with van der Waals surface area (Å²) in [5.74, 6) is 0. The molecule has 1 amide bonds. The minimum absolute atomic E-state index is 0.0819. The molecule has 0 bridgehead atoms. The first kappa shape index (κ1) is 26.3. The van der Waals surface area contributed by atoms with Crippen LogP contribution >= 0.6 is 7.67 Å². The lowest BCUT2D eigenvalue weighted by Gasteiger charge is -2.40. The number of carbonyl (C=O) groups excluding carboxylic acids is 1. The van der Waals surface area contributed by atoms with Crippen LogP contribution in [-0.4, -0.2) is 100 Å². The summed E-state index contributed by atoms with van der Waals surface area (Å²) in [7, 11) is 0.417. The number of rotatable bonds is 12. The summed E-state index contributed by atoms with van der Waals surface area (Å²) in [5.41, 5.74) is -0.0819. The Morgan fingerprint density at radius 3 is 2.03 bits per heavy atom. The summed E-state index contributed by atoms with van der Waals surface area (Å²) in [6.45, 7) is 12.7. The van der Waals surface area contributed by atoms with Gasteiger partial charge in [-0.1, -0.05) is 27.7 Å². The van der Waals surface area contributed by atoms with E-state index in [2.05, 4.69) is 6.92 Å². The lowest BCUT2D eigenvalue weighted by atomic mass is 9.99. The third-order valence-electron chi connectivity index (χ3n) is 4.22. The van der Waals surface area contributed by atoms with Gasteiger partial charge in [0.15, 0.2) is 0 Å². The normalized spacial score (nSPS) is 18.1. The summed E-state index contributed by atoms with van der Waals surface area (Å²) < 4.78 is 38.7. The summed E-state index contributed by atoms with van der Waals surface area (Å²) in [6, 6.07) is 0. The Morgan fingerprint density at radius 1 is 0.966 bits per heavy atom. The SMILES string of the molecule is CCCOCCOCCOC(=O)N1CCN(P(=O)(OCC(C)(C)C)N(C)C)CC1. The predicted molar refractivity (Wildman–Crippen MR) is 113 cm³/mol. The first-order chi connectivity index (χ1) is 13.6. The zero-order valence-corrected chi connectivity index (χ0v) is 19.9. The molecular formula is C19H40N3O6P. The van der Waals surface area contributed by atoms with Crippen LogP contribution in [0.4, 0.5) is 4.79 Å². The van der Waals surface area contributed by atoms with Crippen molar-refractivity contribution in [2.45, 2.75) is 34.1 Å². The molecule has 1 atom stereocenters. The molecule has 0 spiro atoms. The van der Waals surface area contributed by atoms with Crippen molar-refractivity contribution >= 4 is 13.8 Å². The lowest BCUT2D eigenvalue weighted by Crippen LogP contribution is -2.49. The van der Waals surface area contributed by atoms with Gasteiger partial charge in [-0.05, 0) is 25.9 Å². The number of amides is 1. The van der Waals surface area contributed by atoms with Crippen molar-refractivity contribution in [3.8, 4) is 0 Å². The monoisotopic (exact) mass is 437 g/mol. The fraction of sp³-hybridized carbons (Fsp3) is 0.947. The Labute approximate surface area is 176 Å². The molecule has 1 aliphatic rings. The molecule has 1 heterocycles. The number of hydrogen-bond donors (Lipinski definition) is 0. The molecule has 0 aromatic carbocycles. The van der Waals surface area contributed by atoms with E-state index in [1.54, 1.807) is 23.7 Å². The van der Waals surface area contributed by atoms with Gasteiger partial charge in [0.1, 0.15) is 6.61 Å². The lowest BCUT2D eigenvalue weighted by molar-refractivity contribution is 0.0198. The van der Waals surface area contributed by atoms with Crippen molar-refractivity contribution < 1.29 is 28.1 Å². The van der Waals surface area contributed by atoms with Gasteiger partial charge in [0.2, 0.25) is 0 Å². The van der Waals surface area contributed by atoms with Crippen molar-refractivity contribution in [1.82, 2.24) is 14.2 Å². The number of ether oxygens (including phenoxy) is 3. The maximum absolute atomic E-state index is 13.4. The van der Waals surface area contributed by atoms with Crippen LogP contribution in [0.25, 0.3) is 0 Å². The fourth-order valence-electron chi connectivity index (χ4n) is 2.60. The summed E-state index contributed by atoms with van der Waals surface area (Å²) in [5, 5.41) is 0. The van der Waals surface area contributed by atoms with Crippen molar-refractivity contribution in [3.05, 3.63) is 0 Å². The highest BCUT2D eigenvalue weighted by atomic mass is 31.2. The van der Waals surface area contributed by atoms with Gasteiger partial charge in [-0.2, -0.15) is 0 Å². The topological polar surface area (TPSA) is 80.8 Å². The van der Waals surface area contributed by atoms with E-state index in [-0.39, 0.29) is 18.1 Å². The van der Waals surface area contributed by atoms with E-state index in [0.717, 1.165) is 13.0 Å². The Kier molecular flexibility index (Phi) is 11.7. The zero-order valence-electron chi connectivity index (χ0n) is 19.0. The Balaban J connectivity index is 2.34. The van der Waals surface area contributed by atoms with Crippen LogP contribution in [0.15, 0.2) is 0 Å². The van der Waals surface area contributed by atoms with Gasteiger partial charge in [0, 0.05) is 32.8 Å². The molecule has 0 aromatic rings. The van der Waals surface area contributed by atoms with Crippen molar-refractivity contribution in [1.29, 1.82) is 0 Å². The fourth-order valence-corrected chi connectivity index (χ4v) is 4.74. The van der Waals surface area contributed by atoms with Crippen LogP contribution in [0.1, 0.15) is 34.1 Å². The van der Waals surface area contributed by atoms with Crippen molar-refractivity contribution in [3.63, 3.8) is 0 Å². The van der Waals surface area contributed by atoms with Gasteiger partial charge < -0.3 is 23.6 Å². The van der Waals surface area contributed by atoms with Gasteiger partial charge in [-0.25, -0.2) is 14.1 Å². The minimum Gasteiger partial charge on any atom is -0.447 e. The standard InChI is InChI=1S/C19H40N3O6P/c1-7-12-25-13-14-26-15-16-27-18(23)21-8-10-22(11-9-21)29(24,20(5)6)28-17-19(2,3)4/h7-17H2,1-6H3. The first-order valence-corrected chi connectivity index (χ1v) is 11.9. The zero-order chi connectivity index (χ0) is 21.9. The maximum Gasteiger partial charge on any atom is 0.409 e. The van der Waals surface area contributed by atoms with Gasteiger partial charge in [-0.15, -0.1) is 0 Å². The van der Waals surface area contributed by atoms with E-state index in [9.17, 15) is 9.36 Å². The van der Waals surface area contributed by atoms with Crippen LogP contribution in [0.3, 0.4) is 0 Å². The summed E-state index contributed by atoms with van der Waals surface area (Å²) in [6.07, 6.45) is 0.614. The summed E-state index contributed by atoms with van der Waals surface area (Å²) >= 11 is 0. The number of nitrogens with zero attached hydrogens (tertiary/aromatic N) is 3. The third kappa shape index (κ3) is 9.77. The first-order valence-electron chi connectivity index (χ1n) is 10.3. The Morgan fingerprint density at radius 2 is 1.52 bits per heavy atom. The Hall–Kier alpha value is -0.700. The average molecular weight is 438 g/mol. The van der Waals surface area contributed by atoms with Crippen molar-refractivity contribution in [2.24, 2.45) is 5.41 Å². The number of carbonyl (C=O) groups is 1. The smallest absolute Gasteiger partial charge is 0.409 e. The van der Waals surface area contributed by atoms with Gasteiger partial charge >= 0.3 is 13.8 Å². The highest BCUT2D eigenvalue weighted by Crippen LogP contribution is 2.53. The molecule has 1 rings (SSSR count). The molecule has 1 fully saturated rings. The van der Waals surface area contributed by atoms with Crippen LogP contribution < -0.4 is 0 Å². The van der Waals surface area contributed by atoms with Gasteiger partial charge in [0.25, 0.3) is 0 Å². The largest absolute Gasteiger partial charge is 0.447 e. The quantitative estimate of drug-likeness (QED) is 0.341. The van der Waals surface area contributed by atoms with E-state index < -0.39 is 7.67 Å². The van der Waals surface area contributed by atoms with Crippen LogP contribution in [0, 0.1) is 5.41 Å². The molecule has 1 saturated heterocycles. The average Bonchev–Trinajstić information content (AvgIpc) is 2.67. The molecule has 172 valence electrons. The minimum atomic E-state index is -3.11. The molecule has 0 N–H and O–H groups in total. The predicted octanol–water partition coefficient (Wildman–Crippen LogP) is 2.92. The molecule has 10 heteroatoms. The maximum atomic E-state index is 13.4. The molecule has 0 radical (unpaired) electrons. The highest BCUT2D eigenvalue weighted by Gasteiger charge is 2.38. The van der Waals surface area contributed by atoms with Crippen LogP contribution in [0.5, 0.6) is 0 Å². The number of piperazine rings is 1. The van der Waals surface area contributed by atoms with E-state index >= 15 is 0 Å². The molecule has 0 saturated carbocycles. The second-order valence-corrected chi connectivity index (χ2v) is 11.1. The van der Waals surface area contributed by atoms with Gasteiger partial charge in [0.05, 0.1) is 26.4 Å². The van der Waals surface area contributed by atoms with E-state index in [4.69, 9.17) is 18.7 Å². The number of hydrogen-bond acceptors (Lipinski definition) is 6. The summed E-state index contributed by atoms with van der Waals surface area (Å²) in [4.78, 5) is 13.8. The van der Waals surface area contributed by atoms with Crippen LogP contribution in [0.2, 0.25) is 0 Å². The molecule has 0 aliphatic carbocycles. The van der Waals surface area contributed by atoms with Crippen molar-refractivity contribution in [2.75, 3.05) is 79.9 Å². The van der Waals surface area contributed by atoms with E-state index in [1.165, 1.54) is 0 Å². The van der Waals surface area contributed by atoms with E-state index in [1.807, 2.05) is 25.4 Å². The third-order valence-corrected chi connectivity index (χ3v) is 6.81. The highest BCUT2D eigenvalue weighted by molar-refractivity contribution is 7.53. The molecular weight excluding hydrogens is 397 g/mol. The Bertz CT molecular complexity index is 519.